The molecular formula is C16H13F3N2O4S. The molecule has 2 aromatic rings. The predicted molar refractivity (Wildman–Crippen MR) is 89.3 cm³/mol. The Hall–Kier alpha value is -2.88. The highest BCUT2D eigenvalue weighted by Crippen LogP contribution is 2.32. The third-order valence-electron chi connectivity index (χ3n) is 3.39. The number of sulfonamides is 1. The van der Waals surface area contributed by atoms with E-state index in [1.807, 2.05) is 0 Å². The number of anilines is 1. The number of non-ortho nitro benzene ring substituents is 1. The van der Waals surface area contributed by atoms with Gasteiger partial charge in [0.25, 0.3) is 15.7 Å². The summed E-state index contributed by atoms with van der Waals surface area (Å²) in [5.74, 6) is 0. The van der Waals surface area contributed by atoms with Crippen LogP contribution in [-0.2, 0) is 16.2 Å². The third-order valence-corrected chi connectivity index (χ3v) is 5.18. The lowest BCUT2D eigenvalue weighted by atomic mass is 10.2. The Kier molecular flexibility index (Phi) is 5.36. The van der Waals surface area contributed by atoms with Crippen LogP contribution in [0.1, 0.15) is 5.56 Å². The Morgan fingerprint density at radius 1 is 1.15 bits per heavy atom. The smallest absolute Gasteiger partial charge is 0.263 e. The maximum Gasteiger partial charge on any atom is 0.416 e. The molecule has 0 aromatic heterocycles. The van der Waals surface area contributed by atoms with Crippen molar-refractivity contribution in [1.82, 2.24) is 0 Å². The van der Waals surface area contributed by atoms with Crippen LogP contribution < -0.4 is 4.31 Å². The minimum atomic E-state index is -4.55. The largest absolute Gasteiger partial charge is 0.416 e. The van der Waals surface area contributed by atoms with Crippen LogP contribution in [0.4, 0.5) is 24.5 Å². The molecule has 138 valence electrons. The molecular weight excluding hydrogens is 373 g/mol. The number of halogens is 3. The molecule has 6 nitrogen and oxygen atoms in total. The van der Waals surface area contributed by atoms with Gasteiger partial charge in [-0.25, -0.2) is 8.42 Å². The van der Waals surface area contributed by atoms with Crippen LogP contribution in [0.25, 0.3) is 0 Å². The Balaban J connectivity index is 2.50. The minimum Gasteiger partial charge on any atom is -0.263 e. The van der Waals surface area contributed by atoms with Gasteiger partial charge in [0.1, 0.15) is 0 Å². The number of hydrogen-bond donors (Lipinski definition) is 0. The van der Waals surface area contributed by atoms with Gasteiger partial charge in [0.15, 0.2) is 0 Å². The van der Waals surface area contributed by atoms with Crippen LogP contribution >= 0.6 is 0 Å². The zero-order valence-electron chi connectivity index (χ0n) is 13.2. The molecule has 0 aliphatic carbocycles. The van der Waals surface area contributed by atoms with Crippen LogP contribution in [0.2, 0.25) is 0 Å². The zero-order chi connectivity index (χ0) is 19.5. The second-order valence-electron chi connectivity index (χ2n) is 5.12. The van der Waals surface area contributed by atoms with Crippen molar-refractivity contribution in [3.8, 4) is 0 Å². The van der Waals surface area contributed by atoms with Crippen LogP contribution in [0, 0.1) is 10.1 Å². The lowest BCUT2D eigenvalue weighted by Crippen LogP contribution is -2.31. The average molecular weight is 386 g/mol. The van der Waals surface area contributed by atoms with E-state index >= 15 is 0 Å². The summed E-state index contributed by atoms with van der Waals surface area (Å²) in [5.41, 5.74) is -1.37. The highest BCUT2D eigenvalue weighted by Gasteiger charge is 2.31. The van der Waals surface area contributed by atoms with Gasteiger partial charge in [0, 0.05) is 12.1 Å². The van der Waals surface area contributed by atoms with E-state index in [1.165, 1.54) is 18.2 Å². The van der Waals surface area contributed by atoms with Gasteiger partial charge in [0.2, 0.25) is 0 Å². The number of alkyl halides is 3. The van der Waals surface area contributed by atoms with Gasteiger partial charge in [-0.2, -0.15) is 13.2 Å². The first-order valence-electron chi connectivity index (χ1n) is 7.12. The zero-order valence-corrected chi connectivity index (χ0v) is 14.0. The highest BCUT2D eigenvalue weighted by atomic mass is 32.2. The normalized spacial score (nSPS) is 11.8. The van der Waals surface area contributed by atoms with Gasteiger partial charge in [-0.15, -0.1) is 6.58 Å². The summed E-state index contributed by atoms with van der Waals surface area (Å²) in [7, 11) is -4.24. The molecule has 2 aromatic carbocycles. The van der Waals surface area contributed by atoms with E-state index in [9.17, 15) is 31.7 Å². The van der Waals surface area contributed by atoms with Crippen molar-refractivity contribution in [3.63, 3.8) is 0 Å². The van der Waals surface area contributed by atoms with Crippen LogP contribution in [0.5, 0.6) is 0 Å². The summed E-state index contributed by atoms with van der Waals surface area (Å²) in [6, 6.07) is 7.95. The van der Waals surface area contributed by atoms with Gasteiger partial charge < -0.3 is 0 Å². The Morgan fingerprint density at radius 2 is 1.77 bits per heavy atom. The van der Waals surface area contributed by atoms with Crippen molar-refractivity contribution < 1.29 is 26.5 Å². The standard InChI is InChI=1S/C16H13F3N2O4S/c1-2-10-20(13-8-6-12(7-9-13)16(17,18)19)26(24,25)15-5-3-4-14(11-15)21(22)23/h2-9,11H,1,10H2. The van der Waals surface area contributed by atoms with E-state index in [1.54, 1.807) is 0 Å². The van der Waals surface area contributed by atoms with Gasteiger partial charge in [0.05, 0.1) is 27.6 Å². The monoisotopic (exact) mass is 386 g/mol. The van der Waals surface area contributed by atoms with Crippen molar-refractivity contribution in [1.29, 1.82) is 0 Å². The van der Waals surface area contributed by atoms with E-state index in [0.29, 0.717) is 0 Å². The first-order valence-corrected chi connectivity index (χ1v) is 8.56. The number of rotatable bonds is 6. The minimum absolute atomic E-state index is 0.0237. The Morgan fingerprint density at radius 3 is 2.27 bits per heavy atom. The molecule has 0 fully saturated rings. The second kappa shape index (κ2) is 7.16. The summed E-state index contributed by atoms with van der Waals surface area (Å²) in [5, 5.41) is 10.9. The molecule has 26 heavy (non-hydrogen) atoms. The van der Waals surface area contributed by atoms with Crippen molar-refractivity contribution in [3.05, 3.63) is 76.9 Å². The Labute approximate surface area is 147 Å². The van der Waals surface area contributed by atoms with Gasteiger partial charge in [-0.3, -0.25) is 14.4 Å². The summed E-state index contributed by atoms with van der Waals surface area (Å²) >= 11 is 0. The second-order valence-corrected chi connectivity index (χ2v) is 6.99. The molecule has 0 bridgehead atoms. The molecule has 10 heteroatoms. The van der Waals surface area contributed by atoms with E-state index < -0.39 is 32.4 Å². The van der Waals surface area contributed by atoms with Gasteiger partial charge in [-0.05, 0) is 30.3 Å². The Bertz CT molecular complexity index is 925. The molecule has 0 unspecified atom stereocenters. The van der Waals surface area contributed by atoms with E-state index in [4.69, 9.17) is 0 Å². The van der Waals surface area contributed by atoms with Crippen molar-refractivity contribution in [2.75, 3.05) is 10.8 Å². The molecule has 0 saturated carbocycles. The van der Waals surface area contributed by atoms with Crippen molar-refractivity contribution in [2.45, 2.75) is 11.1 Å². The average Bonchev–Trinajstić information content (AvgIpc) is 2.59. The third kappa shape index (κ3) is 4.02. The van der Waals surface area contributed by atoms with E-state index in [-0.39, 0.29) is 17.1 Å². The van der Waals surface area contributed by atoms with Gasteiger partial charge in [-0.1, -0.05) is 12.1 Å². The number of hydrogen-bond acceptors (Lipinski definition) is 4. The molecule has 2 rings (SSSR count). The topological polar surface area (TPSA) is 80.5 Å². The molecule has 0 spiro atoms. The molecule has 0 atom stereocenters. The van der Waals surface area contributed by atoms with E-state index in [2.05, 4.69) is 6.58 Å². The lowest BCUT2D eigenvalue weighted by molar-refractivity contribution is -0.385. The fourth-order valence-corrected chi connectivity index (χ4v) is 3.64. The lowest BCUT2D eigenvalue weighted by Gasteiger charge is -2.23. The van der Waals surface area contributed by atoms with E-state index in [0.717, 1.165) is 40.7 Å². The van der Waals surface area contributed by atoms with Crippen LogP contribution in [0.3, 0.4) is 0 Å². The van der Waals surface area contributed by atoms with Crippen molar-refractivity contribution in [2.24, 2.45) is 0 Å². The summed E-state index contributed by atoms with van der Waals surface area (Å²) in [6.07, 6.45) is -3.30. The van der Waals surface area contributed by atoms with Crippen LogP contribution in [-0.4, -0.2) is 19.9 Å². The molecule has 0 aliphatic rings. The van der Waals surface area contributed by atoms with Gasteiger partial charge >= 0.3 is 6.18 Å². The molecule has 0 heterocycles. The summed E-state index contributed by atoms with van der Waals surface area (Å²) < 4.78 is 64.5. The number of nitro benzene ring substituents is 1. The maximum atomic E-state index is 12.8. The highest BCUT2D eigenvalue weighted by molar-refractivity contribution is 7.92. The molecule has 0 N–H and O–H groups in total. The fourth-order valence-electron chi connectivity index (χ4n) is 2.16. The maximum absolute atomic E-state index is 12.8. The molecule has 0 aliphatic heterocycles. The fraction of sp³-hybridized carbons (Fsp3) is 0.125. The quantitative estimate of drug-likeness (QED) is 0.427. The van der Waals surface area contributed by atoms with Crippen molar-refractivity contribution >= 4 is 21.4 Å². The predicted octanol–water partition coefficient (Wildman–Crippen LogP) is 3.99. The number of nitro groups is 1. The number of nitrogens with zero attached hydrogens (tertiary/aromatic N) is 2. The summed E-state index contributed by atoms with van der Waals surface area (Å²) in [6.45, 7) is 3.22. The molecule has 0 radical (unpaired) electrons. The SMILES string of the molecule is C=CCN(c1ccc(C(F)(F)F)cc1)S(=O)(=O)c1cccc([N+](=O)[O-])c1. The summed E-state index contributed by atoms with van der Waals surface area (Å²) in [4.78, 5) is 9.76. The molecule has 0 amide bonds. The number of benzene rings is 2. The molecule has 0 saturated heterocycles. The first kappa shape index (κ1) is 19.4. The first-order chi connectivity index (χ1) is 12.1. The van der Waals surface area contributed by atoms with Crippen LogP contribution in [0.15, 0.2) is 66.1 Å².